The lowest BCUT2D eigenvalue weighted by atomic mass is 10.2. The highest BCUT2D eigenvalue weighted by atomic mass is 31.1. The van der Waals surface area contributed by atoms with Gasteiger partial charge in [0.25, 0.3) is 0 Å². The maximum atomic E-state index is 2.42. The van der Waals surface area contributed by atoms with Crippen molar-refractivity contribution in [2.45, 2.75) is 78.0 Å². The van der Waals surface area contributed by atoms with E-state index >= 15 is 0 Å². The molecule has 0 atom stereocenters. The van der Waals surface area contributed by atoms with Crippen LogP contribution in [0.3, 0.4) is 0 Å². The zero-order valence-electron chi connectivity index (χ0n) is 14.5. The SMILES string of the molecule is CC(C)[P+](=C1C=CC=CC1=[P+](C(C)C)C(C)C)C(C)C. The number of rotatable bonds is 4. The van der Waals surface area contributed by atoms with Crippen LogP contribution >= 0.6 is 15.1 Å². The van der Waals surface area contributed by atoms with Gasteiger partial charge in [-0.1, -0.05) is 12.2 Å². The van der Waals surface area contributed by atoms with E-state index in [0.29, 0.717) is 0 Å². The first-order valence-electron chi connectivity index (χ1n) is 7.93. The lowest BCUT2D eigenvalue weighted by Crippen LogP contribution is -2.18. The third-order valence-corrected chi connectivity index (χ3v) is 10.2. The van der Waals surface area contributed by atoms with Gasteiger partial charge in [-0.3, -0.25) is 0 Å². The molecule has 0 radical (unpaired) electrons. The van der Waals surface area contributed by atoms with Crippen LogP contribution in [0.4, 0.5) is 0 Å². The first-order valence-corrected chi connectivity index (χ1v) is 10.9. The van der Waals surface area contributed by atoms with Gasteiger partial charge in [-0.2, -0.15) is 0 Å². The lowest BCUT2D eigenvalue weighted by Gasteiger charge is -2.13. The molecular weight excluding hydrogens is 278 g/mol. The Morgan fingerprint density at radius 3 is 1.00 bits per heavy atom. The van der Waals surface area contributed by atoms with Gasteiger partial charge in [-0.05, 0) is 67.5 Å². The summed E-state index contributed by atoms with van der Waals surface area (Å²) in [6.45, 7) is 19.2. The maximum Gasteiger partial charge on any atom is 0.193 e. The summed E-state index contributed by atoms with van der Waals surface area (Å²) in [4.78, 5) is 0. The van der Waals surface area contributed by atoms with Crippen molar-refractivity contribution in [3.05, 3.63) is 24.3 Å². The van der Waals surface area contributed by atoms with Crippen LogP contribution in [0.2, 0.25) is 0 Å². The minimum atomic E-state index is -0.0603. The molecular formula is C18H32P2+2. The van der Waals surface area contributed by atoms with Crippen LogP contribution < -0.4 is 0 Å². The molecule has 0 spiro atoms. The topological polar surface area (TPSA) is 0 Å². The van der Waals surface area contributed by atoms with E-state index in [-0.39, 0.29) is 15.1 Å². The molecule has 0 aromatic rings. The van der Waals surface area contributed by atoms with E-state index in [1.807, 2.05) is 0 Å². The van der Waals surface area contributed by atoms with E-state index in [1.54, 1.807) is 10.6 Å². The average Bonchev–Trinajstić information content (AvgIpc) is 2.29. The van der Waals surface area contributed by atoms with Crippen molar-refractivity contribution in [2.75, 3.05) is 0 Å². The summed E-state index contributed by atoms with van der Waals surface area (Å²) in [7, 11) is -0.121. The van der Waals surface area contributed by atoms with Gasteiger partial charge in [-0.25, -0.2) is 0 Å². The summed E-state index contributed by atoms with van der Waals surface area (Å²) < 4.78 is 0. The molecule has 0 aromatic heterocycles. The van der Waals surface area contributed by atoms with Gasteiger partial charge in [-0.15, -0.1) is 0 Å². The third-order valence-electron chi connectivity index (χ3n) is 3.66. The van der Waals surface area contributed by atoms with Gasteiger partial charge in [0.1, 0.15) is 37.7 Å². The predicted octanol–water partition coefficient (Wildman–Crippen LogP) is 6.05. The fourth-order valence-corrected chi connectivity index (χ4v) is 9.70. The molecule has 0 aliphatic heterocycles. The number of hydrogen-bond donors (Lipinski definition) is 0. The van der Waals surface area contributed by atoms with Crippen LogP contribution in [0.25, 0.3) is 0 Å². The molecule has 0 saturated heterocycles. The molecule has 0 saturated carbocycles. The van der Waals surface area contributed by atoms with Gasteiger partial charge in [0.15, 0.2) is 10.6 Å². The Morgan fingerprint density at radius 1 is 0.550 bits per heavy atom. The molecule has 2 heteroatoms. The fraction of sp³-hybridized carbons (Fsp3) is 0.667. The van der Waals surface area contributed by atoms with E-state index in [0.717, 1.165) is 22.6 Å². The first kappa shape index (κ1) is 17.9. The maximum absolute atomic E-state index is 2.42. The van der Waals surface area contributed by atoms with Gasteiger partial charge < -0.3 is 0 Å². The minimum absolute atomic E-state index is 0.0603. The van der Waals surface area contributed by atoms with Crippen LogP contribution in [-0.4, -0.2) is 33.2 Å². The Morgan fingerprint density at radius 2 is 0.800 bits per heavy atom. The average molecular weight is 310 g/mol. The quantitative estimate of drug-likeness (QED) is 0.554. The molecule has 0 bridgehead atoms. The molecule has 1 aliphatic rings. The largest absolute Gasteiger partial charge is 0.193 e. The monoisotopic (exact) mass is 310 g/mol. The molecule has 0 heterocycles. The molecule has 0 aromatic carbocycles. The molecule has 112 valence electrons. The molecule has 0 nitrogen and oxygen atoms in total. The van der Waals surface area contributed by atoms with Gasteiger partial charge in [0.05, 0.1) is 0 Å². The second kappa shape index (κ2) is 7.72. The third kappa shape index (κ3) is 4.16. The fourth-order valence-electron chi connectivity index (χ4n) is 3.21. The highest BCUT2D eigenvalue weighted by molar-refractivity contribution is 7.71. The van der Waals surface area contributed by atoms with E-state index in [2.05, 4.69) is 79.7 Å². The van der Waals surface area contributed by atoms with Crippen molar-refractivity contribution < 1.29 is 0 Å². The molecule has 0 N–H and O–H groups in total. The van der Waals surface area contributed by atoms with Crippen molar-refractivity contribution >= 4 is 25.7 Å². The summed E-state index contributed by atoms with van der Waals surface area (Å²) in [6, 6.07) is 0. The molecule has 0 amide bonds. The van der Waals surface area contributed by atoms with Crippen molar-refractivity contribution in [3.8, 4) is 0 Å². The van der Waals surface area contributed by atoms with Crippen molar-refractivity contribution in [1.29, 1.82) is 0 Å². The highest BCUT2D eigenvalue weighted by Crippen LogP contribution is 2.44. The predicted molar refractivity (Wildman–Crippen MR) is 103 cm³/mol. The van der Waals surface area contributed by atoms with Crippen molar-refractivity contribution in [1.82, 2.24) is 0 Å². The first-order chi connectivity index (χ1) is 9.27. The van der Waals surface area contributed by atoms with Crippen molar-refractivity contribution in [2.24, 2.45) is 0 Å². The summed E-state index contributed by atoms with van der Waals surface area (Å²) in [5.41, 5.74) is 3.06. The van der Waals surface area contributed by atoms with E-state index in [4.69, 9.17) is 0 Å². The smallest absolute Gasteiger partial charge is 0.0576 e. The summed E-state index contributed by atoms with van der Waals surface area (Å²) in [5, 5.41) is 3.36. The standard InChI is InChI=1S/C18H32P2/c1-13(2)19(14(3)4)17-11-9-10-12-18(17)20(15(5)6)16(7)8/h9-16H,1-8H3/q+2. The van der Waals surface area contributed by atoms with E-state index in [9.17, 15) is 0 Å². The number of hydrogen-bond acceptors (Lipinski definition) is 0. The van der Waals surface area contributed by atoms with Crippen LogP contribution in [0.15, 0.2) is 24.3 Å². The minimum Gasteiger partial charge on any atom is -0.0576 e. The Kier molecular flexibility index (Phi) is 6.90. The zero-order valence-corrected chi connectivity index (χ0v) is 16.3. The van der Waals surface area contributed by atoms with E-state index < -0.39 is 0 Å². The second-order valence-corrected chi connectivity index (χ2v) is 13.4. The van der Waals surface area contributed by atoms with Crippen LogP contribution in [0, 0.1) is 0 Å². The molecule has 1 aliphatic carbocycles. The van der Waals surface area contributed by atoms with Crippen LogP contribution in [0.1, 0.15) is 55.4 Å². The number of allylic oxidation sites excluding steroid dienone is 4. The normalized spacial score (nSPS) is 15.2. The second-order valence-electron chi connectivity index (χ2n) is 6.68. The van der Waals surface area contributed by atoms with E-state index in [1.165, 1.54) is 0 Å². The van der Waals surface area contributed by atoms with Crippen molar-refractivity contribution in [3.63, 3.8) is 0 Å². The summed E-state index contributed by atoms with van der Waals surface area (Å²) in [6.07, 6.45) is 9.32. The zero-order chi connectivity index (χ0) is 15.4. The summed E-state index contributed by atoms with van der Waals surface area (Å²) in [5.74, 6) is 0. The Labute approximate surface area is 128 Å². The van der Waals surface area contributed by atoms with Gasteiger partial charge in [0, 0.05) is 0 Å². The van der Waals surface area contributed by atoms with Crippen LogP contribution in [0.5, 0.6) is 0 Å². The highest BCUT2D eigenvalue weighted by Gasteiger charge is 2.35. The molecule has 20 heavy (non-hydrogen) atoms. The Hall–Kier alpha value is -0.180. The lowest BCUT2D eigenvalue weighted by molar-refractivity contribution is 1.03. The molecule has 1 rings (SSSR count). The summed E-state index contributed by atoms with van der Waals surface area (Å²) >= 11 is 0. The molecule has 0 fully saturated rings. The molecule has 0 unspecified atom stereocenters. The van der Waals surface area contributed by atoms with Crippen LogP contribution in [-0.2, 0) is 0 Å². The Balaban J connectivity index is 3.58. The Bertz CT molecular complexity index is 394. The van der Waals surface area contributed by atoms with Gasteiger partial charge >= 0.3 is 0 Å². The van der Waals surface area contributed by atoms with Gasteiger partial charge in [0.2, 0.25) is 0 Å².